The van der Waals surface area contributed by atoms with Crippen molar-refractivity contribution in [3.63, 3.8) is 0 Å². The van der Waals surface area contributed by atoms with E-state index in [0.717, 1.165) is 32.7 Å². The van der Waals surface area contributed by atoms with Crippen molar-refractivity contribution in [3.8, 4) is 0 Å². The third-order valence-electron chi connectivity index (χ3n) is 3.69. The molecule has 2 rings (SSSR count). The van der Waals surface area contributed by atoms with Crippen molar-refractivity contribution in [2.45, 2.75) is 18.4 Å². The van der Waals surface area contributed by atoms with Gasteiger partial charge in [-0.2, -0.15) is 0 Å². The van der Waals surface area contributed by atoms with Crippen molar-refractivity contribution in [2.75, 3.05) is 51.2 Å². The topological polar surface area (TPSA) is 9.72 Å². The molecule has 0 aliphatic carbocycles. The van der Waals surface area contributed by atoms with Gasteiger partial charge >= 0.3 is 113 Å². The third-order valence-corrected chi connectivity index (χ3v) is 6.02. The van der Waals surface area contributed by atoms with E-state index in [1.807, 2.05) is 4.90 Å². The number of hydrogen-bond donors (Lipinski definition) is 0. The number of alkyl halides is 3. The van der Waals surface area contributed by atoms with E-state index in [9.17, 15) is 8.78 Å². The molecule has 0 radical (unpaired) electrons. The van der Waals surface area contributed by atoms with Crippen molar-refractivity contribution in [1.29, 1.82) is 0 Å². The number of likely N-dealkylation sites (tertiary alicyclic amines) is 1. The molecule has 2 aliphatic rings. The summed E-state index contributed by atoms with van der Waals surface area (Å²) in [6, 6.07) is -0.532. The average molecular weight is 360 g/mol. The van der Waals surface area contributed by atoms with Crippen LogP contribution in [0.15, 0.2) is 0 Å². The molecule has 17 heavy (non-hydrogen) atoms. The quantitative estimate of drug-likeness (QED) is 0.308. The first-order chi connectivity index (χ1) is 8.03. The molecule has 0 bridgehead atoms. The van der Waals surface area contributed by atoms with Crippen LogP contribution in [-0.2, 0) is 0 Å². The number of rotatable bonds is 2. The predicted molar refractivity (Wildman–Crippen MR) is 59.9 cm³/mol. The summed E-state index contributed by atoms with van der Waals surface area (Å²) in [5.41, 5.74) is 0. The van der Waals surface area contributed by atoms with Crippen LogP contribution in [0, 0.1) is 0 Å². The predicted octanol–water partition coefficient (Wildman–Crippen LogP) is -2.42. The van der Waals surface area contributed by atoms with Gasteiger partial charge in [0.05, 0.1) is 0 Å². The second-order valence-corrected chi connectivity index (χ2v) is 7.25. The Morgan fingerprint density at radius 3 is 2.29 bits per heavy atom. The van der Waals surface area contributed by atoms with Gasteiger partial charge in [-0.25, -0.2) is 0 Å². The van der Waals surface area contributed by atoms with Crippen LogP contribution in [0.2, 0.25) is 0 Å². The standard InChI is InChI=1S/C11H21F2IN3/c1-14-17-7-5-16(6-8-17)10-3-4-15(2)9-11(10,12)13/h10H,3-9H2,1-2H3/q-1. The Bertz CT molecular complexity index is 257. The monoisotopic (exact) mass is 360 g/mol. The van der Waals surface area contributed by atoms with E-state index < -0.39 is 12.0 Å². The van der Waals surface area contributed by atoms with Gasteiger partial charge < -0.3 is 0 Å². The number of halogens is 3. The summed E-state index contributed by atoms with van der Waals surface area (Å²) in [5.74, 6) is -2.55. The molecule has 1 atom stereocenters. The SMILES string of the molecule is C[I-]N1CCN(C2CCN(C)CC2(F)F)CC1. The fraction of sp³-hybridized carbons (Fsp3) is 1.00. The summed E-state index contributed by atoms with van der Waals surface area (Å²) in [7, 11) is 1.78. The van der Waals surface area contributed by atoms with Crippen LogP contribution in [0.25, 0.3) is 0 Å². The molecule has 0 saturated carbocycles. The second kappa shape index (κ2) is 5.63. The van der Waals surface area contributed by atoms with Gasteiger partial charge in [0.15, 0.2) is 0 Å². The zero-order valence-corrected chi connectivity index (χ0v) is 12.7. The molecule has 3 nitrogen and oxygen atoms in total. The van der Waals surface area contributed by atoms with Gasteiger partial charge in [0.1, 0.15) is 0 Å². The zero-order valence-electron chi connectivity index (χ0n) is 10.5. The molecule has 6 heteroatoms. The van der Waals surface area contributed by atoms with Gasteiger partial charge in [0.2, 0.25) is 0 Å². The normalized spacial score (nSPS) is 33.1. The molecule has 0 aromatic rings. The van der Waals surface area contributed by atoms with Crippen LogP contribution in [0.1, 0.15) is 6.42 Å². The maximum absolute atomic E-state index is 14.0. The first-order valence-electron chi connectivity index (χ1n) is 6.08. The van der Waals surface area contributed by atoms with Crippen LogP contribution in [-0.4, -0.2) is 76.1 Å². The maximum atomic E-state index is 14.0. The van der Waals surface area contributed by atoms with Crippen LogP contribution in [0.5, 0.6) is 0 Å². The van der Waals surface area contributed by atoms with E-state index in [0.29, 0.717) is 6.42 Å². The molecule has 0 amide bonds. The minimum absolute atomic E-state index is 0.0847. The second-order valence-electron chi connectivity index (χ2n) is 4.92. The van der Waals surface area contributed by atoms with Crippen LogP contribution < -0.4 is 21.5 Å². The zero-order chi connectivity index (χ0) is 12.5. The number of nitrogens with zero attached hydrogens (tertiary/aromatic N) is 3. The minimum atomic E-state index is -2.55. The first-order valence-corrected chi connectivity index (χ1v) is 9.20. The van der Waals surface area contributed by atoms with Gasteiger partial charge in [0.25, 0.3) is 0 Å². The van der Waals surface area contributed by atoms with Crippen molar-refractivity contribution < 1.29 is 30.3 Å². The Morgan fingerprint density at radius 2 is 1.76 bits per heavy atom. The number of hydrogen-bond acceptors (Lipinski definition) is 3. The van der Waals surface area contributed by atoms with Crippen molar-refractivity contribution in [1.82, 2.24) is 12.9 Å². The van der Waals surface area contributed by atoms with E-state index in [1.54, 1.807) is 11.9 Å². The molecular weight excluding hydrogens is 339 g/mol. The van der Waals surface area contributed by atoms with Crippen LogP contribution in [0.4, 0.5) is 8.78 Å². The molecule has 2 saturated heterocycles. The van der Waals surface area contributed by atoms with Gasteiger partial charge in [-0.1, -0.05) is 0 Å². The number of piperazine rings is 1. The van der Waals surface area contributed by atoms with Gasteiger partial charge in [-0.3, -0.25) is 0 Å². The molecule has 1 unspecified atom stereocenters. The molecule has 0 N–H and O–H groups in total. The Labute approximate surface area is 113 Å². The fourth-order valence-corrected chi connectivity index (χ4v) is 4.12. The summed E-state index contributed by atoms with van der Waals surface area (Å²) in [4.78, 5) is 5.99. The molecule has 2 fully saturated rings. The third kappa shape index (κ3) is 3.27. The number of piperidine rings is 1. The average Bonchev–Trinajstić information content (AvgIpc) is 2.28. The Hall–Kier alpha value is 0.470. The molecule has 0 aromatic carbocycles. The summed E-state index contributed by atoms with van der Waals surface area (Å²) >= 11 is 0.128. The van der Waals surface area contributed by atoms with Crippen LogP contribution in [0.3, 0.4) is 0 Å². The summed E-state index contributed by atoms with van der Waals surface area (Å²) in [6.07, 6.45) is 0.602. The Kier molecular flexibility index (Phi) is 4.60. The van der Waals surface area contributed by atoms with Gasteiger partial charge in [0, 0.05) is 0 Å². The van der Waals surface area contributed by atoms with Gasteiger partial charge in [-0.15, -0.1) is 0 Å². The molecule has 2 aliphatic heterocycles. The van der Waals surface area contributed by atoms with Crippen molar-refractivity contribution in [3.05, 3.63) is 0 Å². The molecule has 2 heterocycles. The summed E-state index contributed by atoms with van der Waals surface area (Å²) in [6.45, 7) is 4.30. The van der Waals surface area contributed by atoms with Crippen LogP contribution >= 0.6 is 0 Å². The van der Waals surface area contributed by atoms with E-state index in [1.165, 1.54) is 0 Å². The van der Waals surface area contributed by atoms with Crippen molar-refractivity contribution >= 4 is 0 Å². The van der Waals surface area contributed by atoms with Crippen molar-refractivity contribution in [2.24, 2.45) is 0 Å². The Morgan fingerprint density at radius 1 is 1.12 bits per heavy atom. The molecular formula is C11H21F2IN3-. The first kappa shape index (κ1) is 13.9. The van der Waals surface area contributed by atoms with E-state index >= 15 is 0 Å². The Balaban J connectivity index is 1.93. The summed E-state index contributed by atoms with van der Waals surface area (Å²) in [5, 5.41) is 0. The van der Waals surface area contributed by atoms with E-state index in [2.05, 4.69) is 8.04 Å². The summed E-state index contributed by atoms with van der Waals surface area (Å²) < 4.78 is 30.4. The van der Waals surface area contributed by atoms with Gasteiger partial charge in [-0.05, 0) is 0 Å². The molecule has 0 spiro atoms. The van der Waals surface area contributed by atoms with E-state index in [-0.39, 0.29) is 28.0 Å². The van der Waals surface area contributed by atoms with E-state index in [4.69, 9.17) is 0 Å². The molecule has 102 valence electrons. The fourth-order valence-electron chi connectivity index (χ4n) is 2.73. The molecule has 0 aromatic heterocycles.